The average Bonchev–Trinajstić information content (AvgIpc) is 2.46. The van der Waals surface area contributed by atoms with Crippen molar-refractivity contribution in [3.63, 3.8) is 0 Å². The second kappa shape index (κ2) is 7.28. The maximum atomic E-state index is 11.5. The van der Waals surface area contributed by atoms with Crippen LogP contribution in [0.25, 0.3) is 0 Å². The molecule has 0 atom stereocenters. The van der Waals surface area contributed by atoms with Gasteiger partial charge in [-0.05, 0) is 36.4 Å². The first kappa shape index (κ1) is 17.0. The predicted octanol–water partition coefficient (Wildman–Crippen LogP) is 3.99. The molecule has 8 heteroatoms. The summed E-state index contributed by atoms with van der Waals surface area (Å²) in [6.07, 6.45) is 0. The molecule has 4 N–H and O–H groups in total. The van der Waals surface area contributed by atoms with Crippen molar-refractivity contribution in [2.24, 2.45) is 11.5 Å². The van der Waals surface area contributed by atoms with Gasteiger partial charge in [0.2, 0.25) is 11.8 Å². The topological polar surface area (TPSA) is 86.2 Å². The SMILES string of the molecule is NC(=O)c1cc(Cl)ccc1SSc1ccc(Cl)cc1C(N)=O. The number of rotatable bonds is 5. The molecule has 2 aromatic carbocycles. The maximum absolute atomic E-state index is 11.5. The fourth-order valence-corrected chi connectivity index (χ4v) is 4.30. The van der Waals surface area contributed by atoms with E-state index in [1.165, 1.54) is 33.7 Å². The second-order valence-corrected chi connectivity index (χ2v) is 7.26. The summed E-state index contributed by atoms with van der Waals surface area (Å²) >= 11 is 11.7. The van der Waals surface area contributed by atoms with Gasteiger partial charge < -0.3 is 11.5 Å². The van der Waals surface area contributed by atoms with E-state index in [1.807, 2.05) is 0 Å². The van der Waals surface area contributed by atoms with Gasteiger partial charge in [0.25, 0.3) is 0 Å². The molecule has 0 bridgehead atoms. The van der Waals surface area contributed by atoms with Gasteiger partial charge in [-0.25, -0.2) is 0 Å². The Morgan fingerprint density at radius 2 is 1.14 bits per heavy atom. The molecule has 22 heavy (non-hydrogen) atoms. The minimum Gasteiger partial charge on any atom is -0.366 e. The summed E-state index contributed by atoms with van der Waals surface area (Å²) in [6, 6.07) is 9.72. The molecule has 0 unspecified atom stereocenters. The van der Waals surface area contributed by atoms with Crippen LogP contribution in [0.15, 0.2) is 46.2 Å². The fourth-order valence-electron chi connectivity index (χ4n) is 1.62. The Morgan fingerprint density at radius 3 is 1.45 bits per heavy atom. The van der Waals surface area contributed by atoms with Crippen LogP contribution in [0.4, 0.5) is 0 Å². The highest BCUT2D eigenvalue weighted by atomic mass is 35.5. The summed E-state index contributed by atoms with van der Waals surface area (Å²) in [7, 11) is 2.56. The van der Waals surface area contributed by atoms with E-state index in [9.17, 15) is 9.59 Å². The van der Waals surface area contributed by atoms with Crippen LogP contribution in [0.5, 0.6) is 0 Å². The van der Waals surface area contributed by atoms with Gasteiger partial charge in [0, 0.05) is 19.8 Å². The maximum Gasteiger partial charge on any atom is 0.249 e. The van der Waals surface area contributed by atoms with E-state index in [-0.39, 0.29) is 0 Å². The molecule has 0 saturated carbocycles. The van der Waals surface area contributed by atoms with E-state index >= 15 is 0 Å². The summed E-state index contributed by atoms with van der Waals surface area (Å²) in [5.41, 5.74) is 11.3. The highest BCUT2D eigenvalue weighted by molar-refractivity contribution is 8.76. The number of benzene rings is 2. The second-order valence-electron chi connectivity index (χ2n) is 4.18. The quantitative estimate of drug-likeness (QED) is 0.776. The van der Waals surface area contributed by atoms with Crippen LogP contribution in [-0.2, 0) is 0 Å². The molecule has 0 aromatic heterocycles. The van der Waals surface area contributed by atoms with Crippen LogP contribution in [-0.4, -0.2) is 11.8 Å². The van der Waals surface area contributed by atoms with Gasteiger partial charge in [0.05, 0.1) is 11.1 Å². The molecule has 114 valence electrons. The van der Waals surface area contributed by atoms with Crippen LogP contribution in [0.3, 0.4) is 0 Å². The number of hydrogen-bond acceptors (Lipinski definition) is 4. The van der Waals surface area contributed by atoms with E-state index in [1.54, 1.807) is 24.3 Å². The van der Waals surface area contributed by atoms with E-state index < -0.39 is 11.8 Å². The lowest BCUT2D eigenvalue weighted by molar-refractivity contribution is 0.0989. The van der Waals surface area contributed by atoms with Gasteiger partial charge in [0.1, 0.15) is 0 Å². The lowest BCUT2D eigenvalue weighted by Crippen LogP contribution is -2.12. The van der Waals surface area contributed by atoms with Crippen molar-refractivity contribution in [3.8, 4) is 0 Å². The minimum atomic E-state index is -0.572. The number of hydrogen-bond donors (Lipinski definition) is 2. The van der Waals surface area contributed by atoms with Gasteiger partial charge in [-0.2, -0.15) is 0 Å². The van der Waals surface area contributed by atoms with E-state index in [4.69, 9.17) is 34.7 Å². The fraction of sp³-hybridized carbons (Fsp3) is 0. The Balaban J connectivity index is 2.28. The Bertz CT molecular complexity index is 690. The molecule has 0 spiro atoms. The first-order chi connectivity index (χ1) is 10.4. The number of carbonyl (C=O) groups is 2. The van der Waals surface area contributed by atoms with Crippen LogP contribution in [0.1, 0.15) is 20.7 Å². The normalized spacial score (nSPS) is 10.5. The highest BCUT2D eigenvalue weighted by Crippen LogP contribution is 2.41. The molecule has 0 saturated heterocycles. The smallest absolute Gasteiger partial charge is 0.249 e. The molecule has 0 aliphatic rings. The lowest BCUT2D eigenvalue weighted by atomic mass is 10.2. The largest absolute Gasteiger partial charge is 0.366 e. The van der Waals surface area contributed by atoms with Crippen molar-refractivity contribution in [3.05, 3.63) is 57.6 Å². The first-order valence-corrected chi connectivity index (χ1v) is 8.82. The molecule has 2 aromatic rings. The molecule has 2 rings (SSSR count). The molecule has 0 heterocycles. The molecule has 0 aliphatic heterocycles. The summed E-state index contributed by atoms with van der Waals surface area (Å²) in [4.78, 5) is 24.2. The molecular weight excluding hydrogens is 363 g/mol. The van der Waals surface area contributed by atoms with Gasteiger partial charge >= 0.3 is 0 Å². The zero-order valence-electron chi connectivity index (χ0n) is 11.0. The molecule has 4 nitrogen and oxygen atoms in total. The third kappa shape index (κ3) is 4.10. The number of halogens is 2. The molecule has 0 aliphatic carbocycles. The van der Waals surface area contributed by atoms with E-state index in [0.29, 0.717) is 31.0 Å². The number of amides is 2. The lowest BCUT2D eigenvalue weighted by Gasteiger charge is -2.09. The highest BCUT2D eigenvalue weighted by Gasteiger charge is 2.14. The molecular formula is C14H10Cl2N2O2S2. The van der Waals surface area contributed by atoms with Crippen molar-refractivity contribution in [1.29, 1.82) is 0 Å². The Hall–Kier alpha value is -1.34. The number of nitrogens with two attached hydrogens (primary N) is 2. The first-order valence-electron chi connectivity index (χ1n) is 5.91. The predicted molar refractivity (Wildman–Crippen MR) is 91.7 cm³/mol. The Labute approximate surface area is 144 Å². The third-order valence-electron chi connectivity index (χ3n) is 2.64. The van der Waals surface area contributed by atoms with Crippen molar-refractivity contribution in [2.45, 2.75) is 9.79 Å². The van der Waals surface area contributed by atoms with Crippen LogP contribution < -0.4 is 11.5 Å². The standard InChI is InChI=1S/C14H10Cl2N2O2S2/c15-7-1-3-11(9(5-7)13(17)19)21-22-12-4-2-8(16)6-10(12)14(18)20/h1-6H,(H2,17,19)(H2,18,20). The summed E-state index contributed by atoms with van der Waals surface area (Å²) in [5.74, 6) is -1.14. The number of primary amides is 2. The van der Waals surface area contributed by atoms with Gasteiger partial charge in [0.15, 0.2) is 0 Å². The Kier molecular flexibility index (Phi) is 5.63. The van der Waals surface area contributed by atoms with Crippen LogP contribution >= 0.6 is 44.8 Å². The molecule has 0 radical (unpaired) electrons. The van der Waals surface area contributed by atoms with Crippen molar-refractivity contribution in [2.75, 3.05) is 0 Å². The molecule has 0 fully saturated rings. The van der Waals surface area contributed by atoms with Gasteiger partial charge in [-0.1, -0.05) is 44.8 Å². The van der Waals surface area contributed by atoms with E-state index in [2.05, 4.69) is 0 Å². The van der Waals surface area contributed by atoms with Crippen LogP contribution in [0.2, 0.25) is 10.0 Å². The van der Waals surface area contributed by atoms with Crippen molar-refractivity contribution < 1.29 is 9.59 Å². The van der Waals surface area contributed by atoms with Gasteiger partial charge in [-0.3, -0.25) is 9.59 Å². The van der Waals surface area contributed by atoms with E-state index in [0.717, 1.165) is 0 Å². The van der Waals surface area contributed by atoms with Gasteiger partial charge in [-0.15, -0.1) is 0 Å². The van der Waals surface area contributed by atoms with Crippen molar-refractivity contribution in [1.82, 2.24) is 0 Å². The average molecular weight is 373 g/mol. The minimum absolute atomic E-state index is 0.319. The zero-order chi connectivity index (χ0) is 16.3. The Morgan fingerprint density at radius 1 is 0.773 bits per heavy atom. The molecule has 2 amide bonds. The third-order valence-corrected chi connectivity index (χ3v) is 5.59. The van der Waals surface area contributed by atoms with Crippen LogP contribution in [0, 0.1) is 0 Å². The number of carbonyl (C=O) groups excluding carboxylic acids is 2. The zero-order valence-corrected chi connectivity index (χ0v) is 14.2. The van der Waals surface area contributed by atoms with Crippen molar-refractivity contribution >= 4 is 56.6 Å². The summed E-state index contributed by atoms with van der Waals surface area (Å²) in [5, 5.41) is 0.847. The summed E-state index contributed by atoms with van der Waals surface area (Å²) in [6.45, 7) is 0. The monoisotopic (exact) mass is 372 g/mol. The summed E-state index contributed by atoms with van der Waals surface area (Å²) < 4.78 is 0.